The lowest BCUT2D eigenvalue weighted by Gasteiger charge is -2.24. The van der Waals surface area contributed by atoms with Crippen LogP contribution in [0.15, 0.2) is 227 Å². The maximum absolute atomic E-state index is 6.47. The van der Waals surface area contributed by atoms with E-state index in [9.17, 15) is 0 Å². The minimum atomic E-state index is -0.322. The van der Waals surface area contributed by atoms with Crippen LogP contribution in [0, 0.1) is 0 Å². The first kappa shape index (κ1) is 34.4. The van der Waals surface area contributed by atoms with Crippen molar-refractivity contribution in [2.24, 2.45) is 9.98 Å². The van der Waals surface area contributed by atoms with Gasteiger partial charge in [0, 0.05) is 21.9 Å². The van der Waals surface area contributed by atoms with Crippen LogP contribution in [0.3, 0.4) is 0 Å². The summed E-state index contributed by atoms with van der Waals surface area (Å²) in [7, 11) is 0. The van der Waals surface area contributed by atoms with Gasteiger partial charge in [-0.3, -0.25) is 0 Å². The second kappa shape index (κ2) is 14.6. The summed E-state index contributed by atoms with van der Waals surface area (Å²) in [5.74, 6) is 1.48. The van der Waals surface area contributed by atoms with Crippen molar-refractivity contribution in [1.82, 2.24) is 5.32 Å². The van der Waals surface area contributed by atoms with Crippen molar-refractivity contribution in [3.05, 3.63) is 229 Å². The average molecular weight is 756 g/mol. The molecule has 0 radical (unpaired) electrons. The largest absolute Gasteiger partial charge is 0.456 e. The Bertz CT molecular complexity index is 3200. The molecule has 9 aromatic carbocycles. The first-order chi connectivity index (χ1) is 29.2. The molecule has 0 saturated carbocycles. The van der Waals surface area contributed by atoms with Gasteiger partial charge in [0.15, 0.2) is 5.84 Å². The summed E-state index contributed by atoms with van der Waals surface area (Å²) in [4.78, 5) is 10.3. The van der Waals surface area contributed by atoms with Crippen molar-refractivity contribution < 1.29 is 4.42 Å². The molecule has 1 atom stereocenters. The Hall–Kier alpha value is -7.82. The Balaban J connectivity index is 0.956. The van der Waals surface area contributed by atoms with E-state index < -0.39 is 0 Å². The zero-order chi connectivity index (χ0) is 39.1. The molecule has 1 aliphatic heterocycles. The summed E-state index contributed by atoms with van der Waals surface area (Å²) in [5, 5.41) is 8.21. The highest BCUT2D eigenvalue weighted by molar-refractivity contribution is 6.15. The molecule has 0 aliphatic carbocycles. The van der Waals surface area contributed by atoms with Gasteiger partial charge in [0.1, 0.15) is 23.2 Å². The van der Waals surface area contributed by atoms with Crippen LogP contribution in [0.1, 0.15) is 22.9 Å². The molecule has 4 heteroatoms. The molecular weight excluding hydrogens is 719 g/mol. The Labute approximate surface area is 342 Å². The third-order valence-electron chi connectivity index (χ3n) is 11.3. The van der Waals surface area contributed by atoms with Gasteiger partial charge in [-0.2, -0.15) is 0 Å². The Morgan fingerprint density at radius 1 is 0.390 bits per heavy atom. The first-order valence-electron chi connectivity index (χ1n) is 20.0. The standard InChI is InChI=1S/C55H37N3O/c1-4-12-36(13-5-1)38-20-22-39(23-21-38)40-24-28-43(29-25-40)54-56-53(42-16-8-3-9-17-42)57-55(58-54)45-31-27-41-26-30-44(32-46(41)33-45)49-34-47(37-14-6-2-7-15-37)35-51-52(49)48-18-10-11-19-50(48)59-51/h1-35,54H,(H,56,57,58). The number of amidine groups is 2. The predicted octanol–water partition coefficient (Wildman–Crippen LogP) is 13.9. The quantitative estimate of drug-likeness (QED) is 0.176. The zero-order valence-electron chi connectivity index (χ0n) is 32.1. The molecule has 2 heterocycles. The number of hydrogen-bond donors (Lipinski definition) is 1. The second-order valence-electron chi connectivity index (χ2n) is 15.0. The summed E-state index contributed by atoms with van der Waals surface area (Å²) in [6, 6.07) is 74.8. The zero-order valence-corrected chi connectivity index (χ0v) is 32.1. The SMILES string of the molecule is c1ccc(C2=NC(c3ccc(-c4ccc(-c5ccccc5)cc4)cc3)NC(c3ccc4ccc(-c5cc(-c6ccccc6)cc6oc7ccccc7c56)cc4c3)=N2)cc1. The molecule has 4 nitrogen and oxygen atoms in total. The van der Waals surface area contributed by atoms with E-state index in [2.05, 4.69) is 181 Å². The van der Waals surface area contributed by atoms with Crippen molar-refractivity contribution in [2.75, 3.05) is 0 Å². The number of nitrogens with zero attached hydrogens (tertiary/aromatic N) is 2. The van der Waals surface area contributed by atoms with Crippen LogP contribution >= 0.6 is 0 Å². The van der Waals surface area contributed by atoms with E-state index in [1.54, 1.807) is 0 Å². The molecule has 0 bridgehead atoms. The van der Waals surface area contributed by atoms with Crippen LogP contribution in [-0.2, 0) is 0 Å². The summed E-state index contributed by atoms with van der Waals surface area (Å²) in [6.45, 7) is 0. The molecular formula is C55H37N3O. The van der Waals surface area contributed by atoms with E-state index in [0.717, 1.165) is 83.1 Å². The normalized spacial score (nSPS) is 13.9. The fourth-order valence-corrected chi connectivity index (χ4v) is 8.27. The highest BCUT2D eigenvalue weighted by atomic mass is 16.3. The number of rotatable bonds is 7. The topological polar surface area (TPSA) is 49.9 Å². The van der Waals surface area contributed by atoms with E-state index in [1.807, 2.05) is 36.4 Å². The van der Waals surface area contributed by atoms with Crippen LogP contribution < -0.4 is 5.32 Å². The fourth-order valence-electron chi connectivity index (χ4n) is 8.27. The lowest BCUT2D eigenvalue weighted by atomic mass is 9.93. The van der Waals surface area contributed by atoms with Gasteiger partial charge < -0.3 is 9.73 Å². The predicted molar refractivity (Wildman–Crippen MR) is 245 cm³/mol. The number of fused-ring (bicyclic) bond motifs is 4. The molecule has 1 N–H and O–H groups in total. The van der Waals surface area contributed by atoms with Gasteiger partial charge in [0.05, 0.1) is 0 Å². The summed E-state index contributed by atoms with van der Waals surface area (Å²) < 4.78 is 6.47. The van der Waals surface area contributed by atoms with Gasteiger partial charge in [-0.05, 0) is 91.2 Å². The molecule has 278 valence electrons. The number of aliphatic imine (C=N–C) groups is 2. The van der Waals surface area contributed by atoms with Gasteiger partial charge in [0.2, 0.25) is 0 Å². The van der Waals surface area contributed by atoms with Gasteiger partial charge in [-0.1, -0.05) is 182 Å². The molecule has 0 spiro atoms. The van der Waals surface area contributed by atoms with E-state index in [4.69, 9.17) is 14.4 Å². The maximum Gasteiger partial charge on any atom is 0.159 e. The number of benzene rings is 9. The van der Waals surface area contributed by atoms with Crippen LogP contribution in [0.2, 0.25) is 0 Å². The third-order valence-corrected chi connectivity index (χ3v) is 11.3. The lowest BCUT2D eigenvalue weighted by molar-refractivity contribution is 0.669. The highest BCUT2D eigenvalue weighted by Crippen LogP contribution is 2.41. The number of para-hydroxylation sites is 1. The molecule has 11 rings (SSSR count). The minimum Gasteiger partial charge on any atom is -0.456 e. The van der Waals surface area contributed by atoms with Gasteiger partial charge in [-0.25, -0.2) is 9.98 Å². The van der Waals surface area contributed by atoms with E-state index >= 15 is 0 Å². The number of nitrogens with one attached hydrogen (secondary N) is 1. The Morgan fingerprint density at radius 2 is 0.915 bits per heavy atom. The van der Waals surface area contributed by atoms with Crippen LogP contribution in [0.4, 0.5) is 0 Å². The van der Waals surface area contributed by atoms with Crippen molar-refractivity contribution in [1.29, 1.82) is 0 Å². The lowest BCUT2D eigenvalue weighted by Crippen LogP contribution is -2.33. The molecule has 1 aliphatic rings. The van der Waals surface area contributed by atoms with Crippen molar-refractivity contribution in [2.45, 2.75) is 6.17 Å². The molecule has 59 heavy (non-hydrogen) atoms. The van der Waals surface area contributed by atoms with Crippen molar-refractivity contribution >= 4 is 44.4 Å². The average Bonchev–Trinajstić information content (AvgIpc) is 3.70. The Morgan fingerprint density at radius 3 is 1.59 bits per heavy atom. The molecule has 0 fully saturated rings. The van der Waals surface area contributed by atoms with E-state index in [1.165, 1.54) is 16.7 Å². The smallest absolute Gasteiger partial charge is 0.159 e. The molecule has 1 unspecified atom stereocenters. The minimum absolute atomic E-state index is 0.322. The van der Waals surface area contributed by atoms with E-state index in [-0.39, 0.29) is 6.17 Å². The number of hydrogen-bond acceptors (Lipinski definition) is 4. The fraction of sp³-hybridized carbons (Fsp3) is 0.0182. The highest BCUT2D eigenvalue weighted by Gasteiger charge is 2.22. The van der Waals surface area contributed by atoms with E-state index in [0.29, 0.717) is 5.84 Å². The number of furan rings is 1. The van der Waals surface area contributed by atoms with Gasteiger partial charge in [-0.15, -0.1) is 0 Å². The third kappa shape index (κ3) is 6.57. The first-order valence-corrected chi connectivity index (χ1v) is 20.0. The molecule has 0 amide bonds. The maximum atomic E-state index is 6.47. The van der Waals surface area contributed by atoms with Gasteiger partial charge >= 0.3 is 0 Å². The Kier molecular flexibility index (Phi) is 8.52. The molecule has 10 aromatic rings. The summed E-state index contributed by atoms with van der Waals surface area (Å²) in [6.07, 6.45) is -0.322. The second-order valence-corrected chi connectivity index (χ2v) is 15.0. The van der Waals surface area contributed by atoms with Crippen LogP contribution in [0.5, 0.6) is 0 Å². The molecule has 1 aromatic heterocycles. The summed E-state index contributed by atoms with van der Waals surface area (Å²) in [5.41, 5.74) is 14.1. The van der Waals surface area contributed by atoms with Crippen LogP contribution in [-0.4, -0.2) is 11.7 Å². The van der Waals surface area contributed by atoms with Crippen molar-refractivity contribution in [3.8, 4) is 44.5 Å². The van der Waals surface area contributed by atoms with Gasteiger partial charge in [0.25, 0.3) is 0 Å². The summed E-state index contributed by atoms with van der Waals surface area (Å²) >= 11 is 0. The van der Waals surface area contributed by atoms with Crippen molar-refractivity contribution in [3.63, 3.8) is 0 Å². The van der Waals surface area contributed by atoms with Crippen LogP contribution in [0.25, 0.3) is 77.2 Å². The monoisotopic (exact) mass is 755 g/mol. The molecule has 0 saturated heterocycles.